The van der Waals surface area contributed by atoms with Crippen LogP contribution in [0.4, 0.5) is 0 Å². The third-order valence-electron chi connectivity index (χ3n) is 1.73. The lowest BCUT2D eigenvalue weighted by Crippen LogP contribution is -2.10. The molecule has 0 spiro atoms. The van der Waals surface area contributed by atoms with Crippen LogP contribution < -0.4 is 0 Å². The van der Waals surface area contributed by atoms with Crippen molar-refractivity contribution in [1.29, 1.82) is 0 Å². The lowest BCUT2D eigenvalue weighted by Gasteiger charge is -2.11. The summed E-state index contributed by atoms with van der Waals surface area (Å²) in [6, 6.07) is 5.77. The Labute approximate surface area is 85.6 Å². The van der Waals surface area contributed by atoms with Gasteiger partial charge in [0.25, 0.3) is 0 Å². The fourth-order valence-corrected chi connectivity index (χ4v) is 1.15. The molecule has 2 nitrogen and oxygen atoms in total. The average molecular weight is 202 g/mol. The maximum Gasteiger partial charge on any atom is 0.120 e. The van der Waals surface area contributed by atoms with Crippen molar-refractivity contribution in [2.24, 2.45) is 0 Å². The van der Waals surface area contributed by atoms with E-state index in [1.54, 1.807) is 6.07 Å². The minimum absolute atomic E-state index is 0. The first-order valence-corrected chi connectivity index (χ1v) is 4.03. The van der Waals surface area contributed by atoms with Crippen LogP contribution in [0, 0.1) is 6.92 Å². The van der Waals surface area contributed by atoms with Crippen LogP contribution in [0.2, 0.25) is 0 Å². The topological polar surface area (TPSA) is 23.5 Å². The van der Waals surface area contributed by atoms with Crippen LogP contribution in [0.3, 0.4) is 0 Å². The maximum atomic E-state index is 9.51. The molecule has 74 valence electrons. The molecule has 1 aromatic rings. The molecule has 0 aliphatic heterocycles. The SMILES string of the molecule is Cc1ccc(CN(C)C)c(O)c1.Cl. The lowest BCUT2D eigenvalue weighted by molar-refractivity contribution is 0.386. The molecule has 0 radical (unpaired) electrons. The molecule has 1 N–H and O–H groups in total. The van der Waals surface area contributed by atoms with Gasteiger partial charge >= 0.3 is 0 Å². The molecule has 0 saturated heterocycles. The van der Waals surface area contributed by atoms with Gasteiger partial charge in [-0.3, -0.25) is 0 Å². The van der Waals surface area contributed by atoms with Crippen molar-refractivity contribution in [3.8, 4) is 5.75 Å². The Kier molecular flexibility index (Phi) is 4.81. The number of phenols is 1. The van der Waals surface area contributed by atoms with Gasteiger partial charge in [-0.25, -0.2) is 0 Å². The fourth-order valence-electron chi connectivity index (χ4n) is 1.15. The number of hydrogen-bond donors (Lipinski definition) is 1. The number of halogens is 1. The predicted molar refractivity (Wildman–Crippen MR) is 57.5 cm³/mol. The molecular weight excluding hydrogens is 186 g/mol. The second-order valence-corrected chi connectivity index (χ2v) is 3.37. The van der Waals surface area contributed by atoms with Crippen LogP contribution >= 0.6 is 12.4 Å². The van der Waals surface area contributed by atoms with Crippen LogP contribution in [-0.2, 0) is 6.54 Å². The molecule has 0 heterocycles. The second kappa shape index (κ2) is 5.10. The van der Waals surface area contributed by atoms with E-state index in [0.717, 1.165) is 17.7 Å². The molecule has 3 heteroatoms. The van der Waals surface area contributed by atoms with Crippen molar-refractivity contribution < 1.29 is 5.11 Å². The zero-order valence-electron chi connectivity index (χ0n) is 8.24. The second-order valence-electron chi connectivity index (χ2n) is 3.37. The number of aromatic hydroxyl groups is 1. The Morgan fingerprint density at radius 2 is 1.92 bits per heavy atom. The van der Waals surface area contributed by atoms with Crippen molar-refractivity contribution in [3.05, 3.63) is 29.3 Å². The molecule has 0 aliphatic carbocycles. The molecular formula is C10H16ClNO. The van der Waals surface area contributed by atoms with Gasteiger partial charge in [0.1, 0.15) is 5.75 Å². The van der Waals surface area contributed by atoms with E-state index in [9.17, 15) is 5.11 Å². The van der Waals surface area contributed by atoms with Gasteiger partial charge in [-0.1, -0.05) is 12.1 Å². The van der Waals surface area contributed by atoms with Crippen LogP contribution in [0.15, 0.2) is 18.2 Å². The minimum atomic E-state index is 0. The number of phenolic OH excluding ortho intramolecular Hbond substituents is 1. The van der Waals surface area contributed by atoms with Gasteiger partial charge in [-0.2, -0.15) is 0 Å². The molecule has 0 saturated carbocycles. The summed E-state index contributed by atoms with van der Waals surface area (Å²) in [6.07, 6.45) is 0. The highest BCUT2D eigenvalue weighted by Gasteiger charge is 2.01. The quantitative estimate of drug-likeness (QED) is 0.793. The Balaban J connectivity index is 0.00000144. The number of rotatable bonds is 2. The van der Waals surface area contributed by atoms with Crippen molar-refractivity contribution in [3.63, 3.8) is 0 Å². The Morgan fingerprint density at radius 3 is 2.38 bits per heavy atom. The van der Waals surface area contributed by atoms with E-state index in [0.29, 0.717) is 5.75 Å². The number of hydrogen-bond acceptors (Lipinski definition) is 2. The number of aryl methyl sites for hydroxylation is 1. The highest BCUT2D eigenvalue weighted by Crippen LogP contribution is 2.18. The van der Waals surface area contributed by atoms with E-state index < -0.39 is 0 Å². The first kappa shape index (κ1) is 12.3. The summed E-state index contributed by atoms with van der Waals surface area (Å²) in [7, 11) is 3.97. The van der Waals surface area contributed by atoms with Gasteiger partial charge < -0.3 is 10.0 Å². The Morgan fingerprint density at radius 1 is 1.31 bits per heavy atom. The standard InChI is InChI=1S/C10H15NO.ClH/c1-8-4-5-9(7-11(2)3)10(12)6-8;/h4-6,12H,7H2,1-3H3;1H. The van der Waals surface area contributed by atoms with E-state index in [-0.39, 0.29) is 12.4 Å². The van der Waals surface area contributed by atoms with Crippen molar-refractivity contribution in [2.45, 2.75) is 13.5 Å². The van der Waals surface area contributed by atoms with Crippen LogP contribution in [-0.4, -0.2) is 24.1 Å². The molecule has 13 heavy (non-hydrogen) atoms. The highest BCUT2D eigenvalue weighted by atomic mass is 35.5. The van der Waals surface area contributed by atoms with Crippen LogP contribution in [0.25, 0.3) is 0 Å². The molecule has 0 fully saturated rings. The summed E-state index contributed by atoms with van der Waals surface area (Å²) in [5, 5.41) is 9.51. The zero-order chi connectivity index (χ0) is 9.14. The molecule has 0 bridgehead atoms. The van der Waals surface area contributed by atoms with E-state index >= 15 is 0 Å². The minimum Gasteiger partial charge on any atom is -0.508 e. The molecule has 0 unspecified atom stereocenters. The van der Waals surface area contributed by atoms with E-state index in [4.69, 9.17) is 0 Å². The summed E-state index contributed by atoms with van der Waals surface area (Å²) in [6.45, 7) is 2.76. The van der Waals surface area contributed by atoms with Crippen molar-refractivity contribution in [2.75, 3.05) is 14.1 Å². The molecule has 1 rings (SSSR count). The predicted octanol–water partition coefficient (Wildman–Crippen LogP) is 2.18. The van der Waals surface area contributed by atoms with Gasteiger partial charge in [-0.15, -0.1) is 12.4 Å². The third-order valence-corrected chi connectivity index (χ3v) is 1.73. The summed E-state index contributed by atoms with van der Waals surface area (Å²) in [4.78, 5) is 2.03. The van der Waals surface area contributed by atoms with Crippen molar-refractivity contribution in [1.82, 2.24) is 4.90 Å². The molecule has 0 atom stereocenters. The van der Waals surface area contributed by atoms with E-state index in [2.05, 4.69) is 0 Å². The smallest absolute Gasteiger partial charge is 0.120 e. The fraction of sp³-hybridized carbons (Fsp3) is 0.400. The van der Waals surface area contributed by atoms with Gasteiger partial charge in [0, 0.05) is 12.1 Å². The molecule has 0 amide bonds. The first-order chi connectivity index (χ1) is 5.59. The summed E-state index contributed by atoms with van der Waals surface area (Å²) in [5.74, 6) is 0.392. The number of benzene rings is 1. The Bertz CT molecular complexity index is 274. The zero-order valence-corrected chi connectivity index (χ0v) is 9.06. The summed E-state index contributed by atoms with van der Waals surface area (Å²) < 4.78 is 0. The highest BCUT2D eigenvalue weighted by molar-refractivity contribution is 5.85. The van der Waals surface area contributed by atoms with Gasteiger partial charge in [-0.05, 0) is 32.6 Å². The largest absolute Gasteiger partial charge is 0.508 e. The average Bonchev–Trinajstić information content (AvgIpc) is 1.94. The lowest BCUT2D eigenvalue weighted by atomic mass is 10.1. The van der Waals surface area contributed by atoms with Crippen molar-refractivity contribution >= 4 is 12.4 Å². The molecule has 1 aromatic carbocycles. The monoisotopic (exact) mass is 201 g/mol. The summed E-state index contributed by atoms with van der Waals surface area (Å²) >= 11 is 0. The maximum absolute atomic E-state index is 9.51. The third kappa shape index (κ3) is 3.66. The van der Waals surface area contributed by atoms with Gasteiger partial charge in [0.15, 0.2) is 0 Å². The first-order valence-electron chi connectivity index (χ1n) is 4.03. The summed E-state index contributed by atoms with van der Waals surface area (Å²) in [5.41, 5.74) is 2.07. The number of nitrogens with zero attached hydrogens (tertiary/aromatic N) is 1. The van der Waals surface area contributed by atoms with Gasteiger partial charge in [0.2, 0.25) is 0 Å². The van der Waals surface area contributed by atoms with Gasteiger partial charge in [0.05, 0.1) is 0 Å². The van der Waals surface area contributed by atoms with E-state index in [1.807, 2.05) is 38.1 Å². The molecule has 0 aliphatic rings. The van der Waals surface area contributed by atoms with E-state index in [1.165, 1.54) is 0 Å². The van der Waals surface area contributed by atoms with Crippen LogP contribution in [0.1, 0.15) is 11.1 Å². The normalized spacial score (nSPS) is 9.85. The Hall–Kier alpha value is -0.730. The molecule has 0 aromatic heterocycles. The van der Waals surface area contributed by atoms with Crippen LogP contribution in [0.5, 0.6) is 5.75 Å².